The van der Waals surface area contributed by atoms with Gasteiger partial charge in [-0.2, -0.15) is 0 Å². The molecule has 88 valence electrons. The molecule has 0 unspecified atom stereocenters. The molecule has 0 aromatic heterocycles. The summed E-state index contributed by atoms with van der Waals surface area (Å²) in [7, 11) is 0. The molecule has 1 aliphatic heterocycles. The highest BCUT2D eigenvalue weighted by Gasteiger charge is 2.24. The smallest absolute Gasteiger partial charge is 0.0404 e. The largest absolute Gasteiger partial charge is 0.297 e. The van der Waals surface area contributed by atoms with E-state index in [0.29, 0.717) is 11.4 Å². The van der Waals surface area contributed by atoms with Gasteiger partial charge in [0, 0.05) is 44.1 Å². The molecule has 0 spiro atoms. The average molecular weight is 231 g/mol. The number of rotatable bonds is 3. The van der Waals surface area contributed by atoms with Gasteiger partial charge in [0.1, 0.15) is 0 Å². The Morgan fingerprint density at radius 1 is 1.07 bits per heavy atom. The first-order valence-corrected chi connectivity index (χ1v) is 6.26. The Morgan fingerprint density at radius 2 is 1.67 bits per heavy atom. The minimum atomic E-state index is 0.318. The van der Waals surface area contributed by atoms with E-state index in [2.05, 4.69) is 36.6 Å². The summed E-state index contributed by atoms with van der Waals surface area (Å²) >= 11 is 5.59. The van der Waals surface area contributed by atoms with E-state index < -0.39 is 0 Å². The molecule has 15 heavy (non-hydrogen) atoms. The molecule has 3 heteroatoms. The van der Waals surface area contributed by atoms with Crippen LogP contribution in [-0.2, 0) is 0 Å². The highest BCUT2D eigenvalue weighted by molar-refractivity contribution is 6.18. The second kappa shape index (κ2) is 5.88. The lowest BCUT2D eigenvalue weighted by molar-refractivity contribution is 0.0674. The van der Waals surface area contributed by atoms with Gasteiger partial charge in [0.25, 0.3) is 0 Å². The van der Waals surface area contributed by atoms with Gasteiger partial charge in [-0.05, 0) is 20.8 Å². The summed E-state index contributed by atoms with van der Waals surface area (Å²) in [4.78, 5) is 5.03. The van der Waals surface area contributed by atoms with Crippen molar-refractivity contribution in [2.75, 3.05) is 38.6 Å². The van der Waals surface area contributed by atoms with Gasteiger partial charge in [0.2, 0.25) is 0 Å². The van der Waals surface area contributed by atoms with Crippen LogP contribution in [0.3, 0.4) is 0 Å². The van der Waals surface area contributed by atoms with Crippen LogP contribution in [0.15, 0.2) is 12.2 Å². The number of alkyl halides is 1. The summed E-state index contributed by atoms with van der Waals surface area (Å²) < 4.78 is 0. The average Bonchev–Trinajstić information content (AvgIpc) is 2.18. The molecule has 0 bridgehead atoms. The van der Waals surface area contributed by atoms with Crippen LogP contribution in [0.25, 0.3) is 0 Å². The van der Waals surface area contributed by atoms with Gasteiger partial charge >= 0.3 is 0 Å². The van der Waals surface area contributed by atoms with Crippen LogP contribution in [0.1, 0.15) is 20.8 Å². The molecule has 1 rings (SSSR count). The van der Waals surface area contributed by atoms with Crippen LogP contribution in [0.5, 0.6) is 0 Å². The first-order chi connectivity index (χ1) is 7.04. The maximum absolute atomic E-state index is 5.59. The second-order valence-electron chi connectivity index (χ2n) is 5.08. The van der Waals surface area contributed by atoms with Crippen molar-refractivity contribution in [1.29, 1.82) is 0 Å². The zero-order valence-corrected chi connectivity index (χ0v) is 10.9. The molecule has 0 N–H and O–H groups in total. The Morgan fingerprint density at radius 3 is 2.13 bits per heavy atom. The highest BCUT2D eigenvalue weighted by Crippen LogP contribution is 2.15. The third-order valence-electron chi connectivity index (χ3n) is 2.94. The van der Waals surface area contributed by atoms with E-state index in [1.54, 1.807) is 0 Å². The molecule has 1 saturated heterocycles. The van der Waals surface area contributed by atoms with Crippen LogP contribution < -0.4 is 0 Å². The summed E-state index contributed by atoms with van der Waals surface area (Å²) in [5, 5.41) is 0. The lowest BCUT2D eigenvalue weighted by Gasteiger charge is -2.42. The number of hydrogen-bond donors (Lipinski definition) is 0. The zero-order valence-electron chi connectivity index (χ0n) is 10.2. The van der Waals surface area contributed by atoms with Gasteiger partial charge in [-0.25, -0.2) is 0 Å². The summed E-state index contributed by atoms with van der Waals surface area (Å²) in [5.41, 5.74) is 0.318. The first-order valence-electron chi connectivity index (χ1n) is 5.72. The molecule has 0 aromatic carbocycles. The molecule has 1 fully saturated rings. The number of nitrogens with zero attached hydrogens (tertiary/aromatic N) is 2. The lowest BCUT2D eigenvalue weighted by Crippen LogP contribution is -2.53. The van der Waals surface area contributed by atoms with Crippen LogP contribution in [0.4, 0.5) is 0 Å². The quantitative estimate of drug-likeness (QED) is 0.542. The number of allylic oxidation sites excluding steroid dienone is 1. The fraction of sp³-hybridized carbons (Fsp3) is 0.833. The van der Waals surface area contributed by atoms with E-state index in [-0.39, 0.29) is 0 Å². The van der Waals surface area contributed by atoms with E-state index >= 15 is 0 Å². The van der Waals surface area contributed by atoms with Crippen molar-refractivity contribution in [3.05, 3.63) is 12.2 Å². The van der Waals surface area contributed by atoms with Crippen LogP contribution in [-0.4, -0.2) is 53.9 Å². The second-order valence-corrected chi connectivity index (χ2v) is 5.39. The summed E-state index contributed by atoms with van der Waals surface area (Å²) in [6, 6.07) is 0. The van der Waals surface area contributed by atoms with Crippen molar-refractivity contribution >= 4 is 11.6 Å². The molecule has 0 aromatic rings. The Labute approximate surface area is 98.9 Å². The van der Waals surface area contributed by atoms with E-state index in [4.69, 9.17) is 11.6 Å². The van der Waals surface area contributed by atoms with Gasteiger partial charge in [0.15, 0.2) is 0 Å². The topological polar surface area (TPSA) is 6.48 Å². The van der Waals surface area contributed by atoms with Gasteiger partial charge in [0.05, 0.1) is 0 Å². The molecule has 0 aliphatic carbocycles. The lowest BCUT2D eigenvalue weighted by atomic mass is 10.1. The maximum atomic E-state index is 5.59. The summed E-state index contributed by atoms with van der Waals surface area (Å²) in [6.07, 6.45) is 4.19. The van der Waals surface area contributed by atoms with Crippen molar-refractivity contribution in [3.8, 4) is 0 Å². The highest BCUT2D eigenvalue weighted by atomic mass is 35.5. The molecule has 1 aliphatic rings. The number of halogens is 1. The minimum absolute atomic E-state index is 0.318. The summed E-state index contributed by atoms with van der Waals surface area (Å²) in [6.45, 7) is 12.6. The van der Waals surface area contributed by atoms with Crippen LogP contribution in [0, 0.1) is 0 Å². The van der Waals surface area contributed by atoms with Crippen molar-refractivity contribution in [2.24, 2.45) is 0 Å². The zero-order chi connectivity index (χ0) is 11.3. The standard InChI is InChI=1S/C12H23ClN2/c1-12(2,3)15-10-8-14(9-11-15)7-5-4-6-13/h4-5H,6-11H2,1-3H3. The summed E-state index contributed by atoms with van der Waals surface area (Å²) in [5.74, 6) is 0.627. The minimum Gasteiger partial charge on any atom is -0.297 e. The normalized spacial score (nSPS) is 21.3. The Bertz CT molecular complexity index is 200. The van der Waals surface area contributed by atoms with Crippen LogP contribution in [0.2, 0.25) is 0 Å². The van der Waals surface area contributed by atoms with E-state index in [0.717, 1.165) is 6.54 Å². The SMILES string of the molecule is CC(C)(C)N1CCN(CC=CCCl)CC1. The monoisotopic (exact) mass is 230 g/mol. The molecular weight excluding hydrogens is 208 g/mol. The molecule has 2 nitrogen and oxygen atoms in total. The van der Waals surface area contributed by atoms with Gasteiger partial charge in [-0.15, -0.1) is 11.6 Å². The van der Waals surface area contributed by atoms with E-state index in [1.165, 1.54) is 26.2 Å². The fourth-order valence-corrected chi connectivity index (χ4v) is 2.01. The maximum Gasteiger partial charge on any atom is 0.0404 e. The molecule has 1 heterocycles. The third kappa shape index (κ3) is 4.54. The van der Waals surface area contributed by atoms with Gasteiger partial charge < -0.3 is 0 Å². The molecular formula is C12H23ClN2. The first kappa shape index (κ1) is 13.0. The Kier molecular flexibility index (Phi) is 5.10. The molecule has 0 saturated carbocycles. The Hall–Kier alpha value is -0.0500. The van der Waals surface area contributed by atoms with E-state index in [1.807, 2.05) is 6.08 Å². The van der Waals surface area contributed by atoms with Gasteiger partial charge in [-0.1, -0.05) is 12.2 Å². The van der Waals surface area contributed by atoms with Crippen LogP contribution >= 0.6 is 11.6 Å². The number of piperazine rings is 1. The predicted octanol–water partition coefficient (Wildman–Crippen LogP) is 2.20. The van der Waals surface area contributed by atoms with Crippen molar-refractivity contribution in [3.63, 3.8) is 0 Å². The van der Waals surface area contributed by atoms with Crippen molar-refractivity contribution in [2.45, 2.75) is 26.3 Å². The molecule has 0 radical (unpaired) electrons. The third-order valence-corrected chi connectivity index (χ3v) is 3.12. The number of hydrogen-bond acceptors (Lipinski definition) is 2. The molecule has 0 atom stereocenters. The van der Waals surface area contributed by atoms with Crippen molar-refractivity contribution in [1.82, 2.24) is 9.80 Å². The predicted molar refractivity (Wildman–Crippen MR) is 67.6 cm³/mol. The Balaban J connectivity index is 2.27. The molecule has 0 amide bonds. The van der Waals surface area contributed by atoms with Crippen molar-refractivity contribution < 1.29 is 0 Å². The van der Waals surface area contributed by atoms with E-state index in [9.17, 15) is 0 Å². The fourth-order valence-electron chi connectivity index (χ4n) is 1.89. The van der Waals surface area contributed by atoms with Gasteiger partial charge in [-0.3, -0.25) is 9.80 Å².